The molecule has 0 aliphatic carbocycles. The van der Waals surface area contributed by atoms with E-state index < -0.39 is 0 Å². The van der Waals surface area contributed by atoms with Gasteiger partial charge < -0.3 is 15.1 Å². The fraction of sp³-hybridized carbons (Fsp3) is 0.278. The summed E-state index contributed by atoms with van der Waals surface area (Å²) in [5, 5.41) is 18.4. The summed E-state index contributed by atoms with van der Waals surface area (Å²) in [6.45, 7) is 2.56. The molecular formula is C18H19NO3. The van der Waals surface area contributed by atoms with Crippen molar-refractivity contribution in [1.82, 2.24) is 0 Å². The van der Waals surface area contributed by atoms with Crippen molar-refractivity contribution in [2.45, 2.75) is 26.0 Å². The number of carbonyl (C=O) groups excluding carboxylic acids is 1. The molecule has 0 radical (unpaired) electrons. The van der Waals surface area contributed by atoms with Crippen LogP contribution in [-0.4, -0.2) is 22.7 Å². The fourth-order valence-corrected chi connectivity index (χ4v) is 2.74. The van der Waals surface area contributed by atoms with E-state index in [9.17, 15) is 15.0 Å². The monoisotopic (exact) mass is 297 g/mol. The maximum atomic E-state index is 12.5. The highest BCUT2D eigenvalue weighted by molar-refractivity contribution is 6.10. The Kier molecular flexibility index (Phi) is 3.96. The van der Waals surface area contributed by atoms with Gasteiger partial charge in [0.05, 0.1) is 13.2 Å². The van der Waals surface area contributed by atoms with Crippen molar-refractivity contribution in [2.24, 2.45) is 0 Å². The predicted octanol–water partition coefficient (Wildman–Crippen LogP) is 2.44. The van der Waals surface area contributed by atoms with Crippen molar-refractivity contribution in [3.63, 3.8) is 0 Å². The first-order valence-electron chi connectivity index (χ1n) is 7.39. The molecular weight excluding hydrogens is 278 g/mol. The normalized spacial score (nSPS) is 15.0. The average molecular weight is 297 g/mol. The summed E-state index contributed by atoms with van der Waals surface area (Å²) < 4.78 is 0. The lowest BCUT2D eigenvalue weighted by atomic mass is 10.0. The Morgan fingerprint density at radius 1 is 1.14 bits per heavy atom. The lowest BCUT2D eigenvalue weighted by molar-refractivity contribution is 0.0996. The zero-order chi connectivity index (χ0) is 15.7. The Balaban J connectivity index is 1.87. The fourth-order valence-electron chi connectivity index (χ4n) is 2.74. The summed E-state index contributed by atoms with van der Waals surface area (Å²) in [6.07, 6.45) is 0. The molecule has 1 atom stereocenters. The molecule has 22 heavy (non-hydrogen) atoms. The molecule has 0 fully saturated rings. The maximum Gasteiger partial charge on any atom is 0.258 e. The number of hydrogen-bond donors (Lipinski definition) is 2. The molecule has 0 saturated carbocycles. The second kappa shape index (κ2) is 5.91. The molecule has 0 saturated heterocycles. The van der Waals surface area contributed by atoms with Crippen molar-refractivity contribution in [2.75, 3.05) is 11.5 Å². The van der Waals surface area contributed by atoms with E-state index in [0.29, 0.717) is 12.1 Å². The van der Waals surface area contributed by atoms with E-state index in [1.807, 2.05) is 43.3 Å². The zero-order valence-electron chi connectivity index (χ0n) is 12.5. The summed E-state index contributed by atoms with van der Waals surface area (Å²) in [5.41, 5.74) is 4.30. The van der Waals surface area contributed by atoms with Crippen LogP contribution in [0.2, 0.25) is 0 Å². The highest BCUT2D eigenvalue weighted by Gasteiger charge is 2.28. The number of fused-ring (bicyclic) bond motifs is 1. The van der Waals surface area contributed by atoms with Crippen LogP contribution in [0.25, 0.3) is 0 Å². The Hall–Kier alpha value is -2.17. The predicted molar refractivity (Wildman–Crippen MR) is 84.8 cm³/mol. The van der Waals surface area contributed by atoms with Crippen molar-refractivity contribution in [3.8, 4) is 0 Å². The van der Waals surface area contributed by atoms with Gasteiger partial charge >= 0.3 is 0 Å². The Morgan fingerprint density at radius 3 is 2.50 bits per heavy atom. The van der Waals surface area contributed by atoms with Crippen LogP contribution >= 0.6 is 0 Å². The Morgan fingerprint density at radius 2 is 1.86 bits per heavy atom. The van der Waals surface area contributed by atoms with Crippen LogP contribution in [0, 0.1) is 0 Å². The number of carbonyl (C=O) groups is 1. The van der Waals surface area contributed by atoms with Gasteiger partial charge in [-0.1, -0.05) is 31.2 Å². The van der Waals surface area contributed by atoms with E-state index in [2.05, 4.69) is 0 Å². The van der Waals surface area contributed by atoms with E-state index in [4.69, 9.17) is 0 Å². The number of benzene rings is 2. The number of nitrogens with zero attached hydrogens (tertiary/aromatic N) is 1. The molecule has 114 valence electrons. The zero-order valence-corrected chi connectivity index (χ0v) is 12.5. The van der Waals surface area contributed by atoms with Crippen LogP contribution in [0.5, 0.6) is 0 Å². The number of hydrogen-bond acceptors (Lipinski definition) is 3. The minimum atomic E-state index is -0.0612. The van der Waals surface area contributed by atoms with Gasteiger partial charge in [-0.05, 0) is 34.9 Å². The number of aliphatic hydroxyl groups excluding tert-OH is 2. The van der Waals surface area contributed by atoms with Crippen molar-refractivity contribution < 1.29 is 15.0 Å². The number of amides is 1. The molecule has 1 amide bonds. The van der Waals surface area contributed by atoms with Crippen LogP contribution < -0.4 is 4.90 Å². The Labute approximate surface area is 129 Å². The van der Waals surface area contributed by atoms with Gasteiger partial charge in [0.25, 0.3) is 5.91 Å². The summed E-state index contributed by atoms with van der Waals surface area (Å²) in [4.78, 5) is 14.3. The Bertz CT molecular complexity index is 694. The van der Waals surface area contributed by atoms with E-state index >= 15 is 0 Å². The van der Waals surface area contributed by atoms with Crippen molar-refractivity contribution >= 4 is 11.6 Å². The molecule has 0 spiro atoms. The first-order chi connectivity index (χ1) is 10.6. The van der Waals surface area contributed by atoms with Gasteiger partial charge in [-0.3, -0.25) is 4.79 Å². The minimum absolute atomic E-state index is 0.0340. The third-order valence-electron chi connectivity index (χ3n) is 4.21. The number of rotatable bonds is 4. The highest BCUT2D eigenvalue weighted by atomic mass is 16.3. The molecule has 1 aliphatic rings. The lowest BCUT2D eigenvalue weighted by Gasteiger charge is -2.17. The largest absolute Gasteiger partial charge is 0.396 e. The molecule has 0 aromatic heterocycles. The quantitative estimate of drug-likeness (QED) is 0.911. The van der Waals surface area contributed by atoms with Gasteiger partial charge in [0, 0.05) is 23.8 Å². The van der Waals surface area contributed by atoms with E-state index in [1.165, 1.54) is 0 Å². The number of aliphatic hydroxyl groups is 2. The molecule has 2 aromatic rings. The third-order valence-corrected chi connectivity index (χ3v) is 4.21. The summed E-state index contributed by atoms with van der Waals surface area (Å²) in [7, 11) is 0. The van der Waals surface area contributed by atoms with E-state index in [-0.39, 0.29) is 25.0 Å². The maximum absolute atomic E-state index is 12.5. The molecule has 4 heteroatoms. The van der Waals surface area contributed by atoms with Gasteiger partial charge in [-0.15, -0.1) is 0 Å². The molecule has 1 unspecified atom stereocenters. The van der Waals surface area contributed by atoms with Crippen LogP contribution in [0.4, 0.5) is 5.69 Å². The van der Waals surface area contributed by atoms with Gasteiger partial charge in [0.2, 0.25) is 0 Å². The van der Waals surface area contributed by atoms with Gasteiger partial charge in [0.15, 0.2) is 0 Å². The smallest absolute Gasteiger partial charge is 0.258 e. The number of anilines is 1. The molecule has 0 bridgehead atoms. The van der Waals surface area contributed by atoms with Crippen molar-refractivity contribution in [1.29, 1.82) is 0 Å². The molecule has 1 aliphatic heterocycles. The first-order valence-corrected chi connectivity index (χ1v) is 7.39. The van der Waals surface area contributed by atoms with Gasteiger partial charge in [-0.2, -0.15) is 0 Å². The molecule has 2 aromatic carbocycles. The molecule has 4 nitrogen and oxygen atoms in total. The van der Waals surface area contributed by atoms with Crippen LogP contribution in [0.3, 0.4) is 0 Å². The van der Waals surface area contributed by atoms with Crippen LogP contribution in [-0.2, 0) is 13.2 Å². The lowest BCUT2D eigenvalue weighted by Crippen LogP contribution is -2.23. The molecule has 3 rings (SSSR count). The average Bonchev–Trinajstić information content (AvgIpc) is 2.90. The minimum Gasteiger partial charge on any atom is -0.396 e. The molecule has 1 heterocycles. The standard InChI is InChI=1S/C18H19NO3/c1-12(10-20)14-4-6-16(7-5-14)19-9-15-3-2-13(11-21)8-17(15)18(19)22/h2-8,12,20-21H,9-11H2,1H3. The summed E-state index contributed by atoms with van der Waals surface area (Å²) >= 11 is 0. The van der Waals surface area contributed by atoms with Crippen LogP contribution in [0.15, 0.2) is 42.5 Å². The van der Waals surface area contributed by atoms with Crippen LogP contribution in [0.1, 0.15) is 39.9 Å². The van der Waals surface area contributed by atoms with Crippen molar-refractivity contribution in [3.05, 3.63) is 64.7 Å². The van der Waals surface area contributed by atoms with E-state index in [0.717, 1.165) is 22.4 Å². The van der Waals surface area contributed by atoms with E-state index in [1.54, 1.807) is 11.0 Å². The molecule has 2 N–H and O–H groups in total. The SMILES string of the molecule is CC(CO)c1ccc(N2Cc3ccc(CO)cc3C2=O)cc1. The van der Waals surface area contributed by atoms with Gasteiger partial charge in [-0.25, -0.2) is 0 Å². The second-order valence-electron chi connectivity index (χ2n) is 5.72. The topological polar surface area (TPSA) is 60.8 Å². The first kappa shape index (κ1) is 14.8. The second-order valence-corrected chi connectivity index (χ2v) is 5.72. The third kappa shape index (κ3) is 2.51. The van der Waals surface area contributed by atoms with Gasteiger partial charge in [0.1, 0.15) is 0 Å². The highest BCUT2D eigenvalue weighted by Crippen LogP contribution is 2.30. The summed E-state index contributed by atoms with van der Waals surface area (Å²) in [5.74, 6) is 0.0564. The summed E-state index contributed by atoms with van der Waals surface area (Å²) in [6, 6.07) is 13.2.